The fourth-order valence-corrected chi connectivity index (χ4v) is 3.27. The normalized spacial score (nSPS) is 26.9. The number of halogens is 1. The van der Waals surface area contributed by atoms with Crippen LogP contribution in [-0.4, -0.2) is 30.5 Å². The summed E-state index contributed by atoms with van der Waals surface area (Å²) in [6.07, 6.45) is 2.79. The van der Waals surface area contributed by atoms with E-state index >= 15 is 0 Å². The van der Waals surface area contributed by atoms with E-state index in [0.717, 1.165) is 19.3 Å². The standard InChI is InChI=1S/C15H18ClNO4/c1-15(7-18)4-2-3-12(15)17-14(19)9-5-10(16)13-11(6-9)20-8-21-13/h5-6,12,18H,2-4,7-8H2,1H3,(H,17,19). The van der Waals surface area contributed by atoms with Gasteiger partial charge in [-0.3, -0.25) is 4.79 Å². The Bertz CT molecular complexity index is 577. The summed E-state index contributed by atoms with van der Waals surface area (Å²) in [6.45, 7) is 2.18. The van der Waals surface area contributed by atoms with E-state index < -0.39 is 0 Å². The lowest BCUT2D eigenvalue weighted by Gasteiger charge is -2.30. The van der Waals surface area contributed by atoms with Crippen molar-refractivity contribution in [2.24, 2.45) is 5.41 Å². The maximum atomic E-state index is 12.4. The van der Waals surface area contributed by atoms with Gasteiger partial charge in [-0.25, -0.2) is 0 Å². The Labute approximate surface area is 128 Å². The lowest BCUT2D eigenvalue weighted by molar-refractivity contribution is 0.0830. The molecule has 0 saturated heterocycles. The summed E-state index contributed by atoms with van der Waals surface area (Å²) in [7, 11) is 0. The monoisotopic (exact) mass is 311 g/mol. The van der Waals surface area contributed by atoms with E-state index in [0.29, 0.717) is 22.1 Å². The fraction of sp³-hybridized carbons (Fsp3) is 0.533. The van der Waals surface area contributed by atoms with Crippen LogP contribution in [0.5, 0.6) is 11.5 Å². The largest absolute Gasteiger partial charge is 0.454 e. The lowest BCUT2D eigenvalue weighted by Crippen LogP contribution is -2.44. The topological polar surface area (TPSA) is 67.8 Å². The molecular formula is C15H18ClNO4. The van der Waals surface area contributed by atoms with Crippen molar-refractivity contribution in [2.45, 2.75) is 32.2 Å². The van der Waals surface area contributed by atoms with Gasteiger partial charge in [0.25, 0.3) is 5.91 Å². The summed E-state index contributed by atoms with van der Waals surface area (Å²) in [5, 5.41) is 12.9. The zero-order valence-corrected chi connectivity index (χ0v) is 12.6. The van der Waals surface area contributed by atoms with Gasteiger partial charge >= 0.3 is 0 Å². The highest BCUT2D eigenvalue weighted by atomic mass is 35.5. The quantitative estimate of drug-likeness (QED) is 0.899. The van der Waals surface area contributed by atoms with Gasteiger partial charge in [0.15, 0.2) is 11.5 Å². The van der Waals surface area contributed by atoms with Crippen LogP contribution in [0.15, 0.2) is 12.1 Å². The maximum Gasteiger partial charge on any atom is 0.251 e. The van der Waals surface area contributed by atoms with Gasteiger partial charge in [0.1, 0.15) is 0 Å². The average Bonchev–Trinajstić information content (AvgIpc) is 3.07. The third-order valence-electron chi connectivity index (χ3n) is 4.44. The predicted molar refractivity (Wildman–Crippen MR) is 77.9 cm³/mol. The highest BCUT2D eigenvalue weighted by Gasteiger charge is 2.39. The zero-order valence-electron chi connectivity index (χ0n) is 11.8. The molecule has 1 aliphatic heterocycles. The van der Waals surface area contributed by atoms with Crippen molar-refractivity contribution >= 4 is 17.5 Å². The van der Waals surface area contributed by atoms with Crippen LogP contribution in [0.3, 0.4) is 0 Å². The SMILES string of the molecule is CC1(CO)CCCC1NC(=O)c1cc(Cl)c2c(c1)OCO2. The van der Waals surface area contributed by atoms with E-state index in [2.05, 4.69) is 5.32 Å². The number of nitrogens with one attached hydrogen (secondary N) is 1. The number of benzene rings is 1. The highest BCUT2D eigenvalue weighted by molar-refractivity contribution is 6.32. The van der Waals surface area contributed by atoms with E-state index in [-0.39, 0.29) is 30.8 Å². The van der Waals surface area contributed by atoms with Crippen LogP contribution in [0.1, 0.15) is 36.5 Å². The molecule has 0 bridgehead atoms. The zero-order chi connectivity index (χ0) is 15.0. The van der Waals surface area contributed by atoms with Crippen LogP contribution in [-0.2, 0) is 0 Å². The third kappa shape index (κ3) is 2.56. The van der Waals surface area contributed by atoms with Crippen molar-refractivity contribution in [3.8, 4) is 11.5 Å². The first-order chi connectivity index (χ1) is 10.0. The summed E-state index contributed by atoms with van der Waals surface area (Å²) in [5.41, 5.74) is 0.187. The first-order valence-corrected chi connectivity index (χ1v) is 7.42. The Morgan fingerprint density at radius 2 is 2.33 bits per heavy atom. The summed E-state index contributed by atoms with van der Waals surface area (Å²) in [5.74, 6) is 0.764. The number of hydrogen-bond donors (Lipinski definition) is 2. The second kappa shape index (κ2) is 5.39. The van der Waals surface area contributed by atoms with E-state index in [4.69, 9.17) is 21.1 Å². The average molecular weight is 312 g/mol. The van der Waals surface area contributed by atoms with Gasteiger partial charge in [0.05, 0.1) is 11.6 Å². The Balaban J connectivity index is 1.79. The minimum absolute atomic E-state index is 0.0285. The number of aliphatic hydroxyl groups excluding tert-OH is 1. The molecule has 21 heavy (non-hydrogen) atoms. The lowest BCUT2D eigenvalue weighted by atomic mass is 9.85. The molecule has 2 atom stereocenters. The molecule has 1 aromatic rings. The molecule has 1 aromatic carbocycles. The number of carbonyl (C=O) groups is 1. The first-order valence-electron chi connectivity index (χ1n) is 7.04. The number of hydrogen-bond acceptors (Lipinski definition) is 4. The summed E-state index contributed by atoms with van der Waals surface area (Å²) < 4.78 is 10.5. The molecule has 1 aliphatic carbocycles. The third-order valence-corrected chi connectivity index (χ3v) is 4.72. The van der Waals surface area contributed by atoms with Gasteiger partial charge in [-0.05, 0) is 25.0 Å². The molecule has 1 amide bonds. The fourth-order valence-electron chi connectivity index (χ4n) is 3.01. The van der Waals surface area contributed by atoms with Gasteiger partial charge < -0.3 is 19.9 Å². The minimum atomic E-state index is -0.254. The first kappa shape index (κ1) is 14.5. The predicted octanol–water partition coefficient (Wildman–Crippen LogP) is 2.35. The number of fused-ring (bicyclic) bond motifs is 1. The van der Waals surface area contributed by atoms with Gasteiger partial charge in [-0.1, -0.05) is 24.9 Å². The number of aliphatic hydroxyl groups is 1. The Morgan fingerprint density at radius 3 is 3.10 bits per heavy atom. The summed E-state index contributed by atoms with van der Waals surface area (Å²) >= 11 is 6.09. The van der Waals surface area contributed by atoms with E-state index in [1.54, 1.807) is 12.1 Å². The Hall–Kier alpha value is -1.46. The maximum absolute atomic E-state index is 12.4. The minimum Gasteiger partial charge on any atom is -0.454 e. The molecule has 2 N–H and O–H groups in total. The second-order valence-corrected chi connectivity index (χ2v) is 6.33. The molecular weight excluding hydrogens is 294 g/mol. The van der Waals surface area contributed by atoms with Crippen LogP contribution in [0, 0.1) is 5.41 Å². The molecule has 5 nitrogen and oxygen atoms in total. The van der Waals surface area contributed by atoms with Crippen molar-refractivity contribution in [3.63, 3.8) is 0 Å². The molecule has 1 heterocycles. The van der Waals surface area contributed by atoms with Crippen LogP contribution in [0.25, 0.3) is 0 Å². The second-order valence-electron chi connectivity index (χ2n) is 5.92. The summed E-state index contributed by atoms with van der Waals surface area (Å²) in [4.78, 5) is 12.4. The van der Waals surface area contributed by atoms with E-state index in [1.165, 1.54) is 0 Å². The molecule has 0 radical (unpaired) electrons. The summed E-state index contributed by atoms with van der Waals surface area (Å²) in [6, 6.07) is 3.18. The smallest absolute Gasteiger partial charge is 0.251 e. The van der Waals surface area contributed by atoms with Gasteiger partial charge in [0.2, 0.25) is 6.79 Å². The Morgan fingerprint density at radius 1 is 1.52 bits per heavy atom. The molecule has 6 heteroatoms. The molecule has 114 valence electrons. The van der Waals surface area contributed by atoms with Gasteiger partial charge in [-0.15, -0.1) is 0 Å². The molecule has 1 saturated carbocycles. The number of carbonyl (C=O) groups excluding carboxylic acids is 1. The van der Waals surface area contributed by atoms with Gasteiger partial charge in [-0.2, -0.15) is 0 Å². The highest BCUT2D eigenvalue weighted by Crippen LogP contribution is 2.40. The van der Waals surface area contributed by atoms with E-state index in [1.807, 2.05) is 6.92 Å². The van der Waals surface area contributed by atoms with Gasteiger partial charge in [0, 0.05) is 17.0 Å². The van der Waals surface area contributed by atoms with Crippen LogP contribution >= 0.6 is 11.6 Å². The molecule has 2 aliphatic rings. The number of ether oxygens (including phenoxy) is 2. The van der Waals surface area contributed by atoms with Crippen molar-refractivity contribution in [1.82, 2.24) is 5.32 Å². The van der Waals surface area contributed by atoms with Crippen molar-refractivity contribution < 1.29 is 19.4 Å². The molecule has 2 unspecified atom stereocenters. The van der Waals surface area contributed by atoms with Crippen LogP contribution < -0.4 is 14.8 Å². The molecule has 0 spiro atoms. The molecule has 3 rings (SSSR count). The molecule has 1 fully saturated rings. The van der Waals surface area contributed by atoms with Crippen LogP contribution in [0.4, 0.5) is 0 Å². The molecule has 0 aromatic heterocycles. The van der Waals surface area contributed by atoms with Crippen LogP contribution in [0.2, 0.25) is 5.02 Å². The van der Waals surface area contributed by atoms with Crippen molar-refractivity contribution in [2.75, 3.05) is 13.4 Å². The number of rotatable bonds is 3. The van der Waals surface area contributed by atoms with Crippen molar-refractivity contribution in [1.29, 1.82) is 0 Å². The Kier molecular flexibility index (Phi) is 3.71. The van der Waals surface area contributed by atoms with Crippen molar-refractivity contribution in [3.05, 3.63) is 22.7 Å². The van der Waals surface area contributed by atoms with E-state index in [9.17, 15) is 9.90 Å². The number of amides is 1.